The van der Waals surface area contributed by atoms with Crippen LogP contribution in [0.2, 0.25) is 0 Å². The third kappa shape index (κ3) is 6.87. The molecule has 7 nitrogen and oxygen atoms in total. The Morgan fingerprint density at radius 1 is 0.727 bits per heavy atom. The first-order valence-corrected chi connectivity index (χ1v) is 10.4. The van der Waals surface area contributed by atoms with E-state index in [4.69, 9.17) is 0 Å². The van der Waals surface area contributed by atoms with Crippen LogP contribution in [0.5, 0.6) is 0 Å². The smallest absolute Gasteiger partial charge is 0.326 e. The summed E-state index contributed by atoms with van der Waals surface area (Å²) < 4.78 is 0. The zero-order chi connectivity index (χ0) is 23.6. The minimum Gasteiger partial charge on any atom is -0.480 e. The molecule has 2 atom stereocenters. The number of carbonyl (C=O) groups excluding carboxylic acids is 3. The molecule has 0 unspecified atom stereocenters. The van der Waals surface area contributed by atoms with Crippen LogP contribution in [-0.4, -0.2) is 41.3 Å². The van der Waals surface area contributed by atoms with E-state index in [1.807, 2.05) is 36.4 Å². The van der Waals surface area contributed by atoms with Gasteiger partial charge in [-0.1, -0.05) is 72.8 Å². The molecule has 3 aromatic carbocycles. The van der Waals surface area contributed by atoms with Gasteiger partial charge in [0.15, 0.2) is 0 Å². The highest BCUT2D eigenvalue weighted by atomic mass is 16.4. The Kier molecular flexibility index (Phi) is 8.07. The van der Waals surface area contributed by atoms with Crippen molar-refractivity contribution >= 4 is 24.1 Å². The van der Waals surface area contributed by atoms with Gasteiger partial charge in [-0.25, -0.2) is 4.79 Å². The van der Waals surface area contributed by atoms with E-state index >= 15 is 0 Å². The second-order valence-corrected chi connectivity index (χ2v) is 7.54. The third-order valence-corrected chi connectivity index (χ3v) is 5.11. The summed E-state index contributed by atoms with van der Waals surface area (Å²) in [6.07, 6.45) is 0.968. The summed E-state index contributed by atoms with van der Waals surface area (Å²) >= 11 is 0. The average Bonchev–Trinajstić information content (AvgIpc) is 2.84. The molecule has 0 aromatic heterocycles. The van der Waals surface area contributed by atoms with Crippen LogP contribution in [0.1, 0.15) is 31.8 Å². The van der Waals surface area contributed by atoms with Gasteiger partial charge in [0.1, 0.15) is 18.4 Å². The quantitative estimate of drug-likeness (QED) is 0.416. The van der Waals surface area contributed by atoms with Crippen molar-refractivity contribution in [2.45, 2.75) is 24.9 Å². The first-order chi connectivity index (χ1) is 16.0. The summed E-state index contributed by atoms with van der Waals surface area (Å²) in [5.41, 5.74) is 2.29. The maximum absolute atomic E-state index is 13.1. The largest absolute Gasteiger partial charge is 0.480 e. The number of rotatable bonds is 10. The molecule has 0 aliphatic carbocycles. The highest BCUT2D eigenvalue weighted by molar-refractivity contribution is 5.98. The number of nitrogens with one attached hydrogen (secondary N) is 2. The fourth-order valence-corrected chi connectivity index (χ4v) is 3.34. The molecular weight excluding hydrogens is 420 g/mol. The number of hydrogen-bond donors (Lipinski definition) is 3. The summed E-state index contributed by atoms with van der Waals surface area (Å²) in [6, 6.07) is 22.0. The summed E-state index contributed by atoms with van der Waals surface area (Å²) in [7, 11) is 0. The molecule has 0 bridgehead atoms. The average molecular weight is 444 g/mol. The normalized spacial score (nSPS) is 12.2. The SMILES string of the molecule is O=Cc1ccc(C(=O)N[C@@H](Cc2ccccc2)C(=O)N[C@@H](Cc2ccccc2)C(=O)O)cc1. The van der Waals surface area contributed by atoms with Crippen LogP contribution in [0.3, 0.4) is 0 Å². The van der Waals surface area contributed by atoms with E-state index in [0.29, 0.717) is 11.8 Å². The maximum Gasteiger partial charge on any atom is 0.326 e. The van der Waals surface area contributed by atoms with Crippen molar-refractivity contribution in [2.24, 2.45) is 0 Å². The Bertz CT molecular complexity index is 1100. The molecule has 3 N–H and O–H groups in total. The number of aliphatic carboxylic acids is 1. The standard InChI is InChI=1S/C26H24N2O5/c29-17-20-11-13-21(14-12-20)24(30)27-22(15-18-7-3-1-4-8-18)25(31)28-23(26(32)33)16-19-9-5-2-6-10-19/h1-14,17,22-23H,15-16H2,(H,27,30)(H,28,31)(H,32,33)/t22-,23-/m0/s1. The Labute approximate surface area is 191 Å². The molecule has 0 spiro atoms. The van der Waals surface area contributed by atoms with Gasteiger partial charge >= 0.3 is 5.97 Å². The topological polar surface area (TPSA) is 113 Å². The fourth-order valence-electron chi connectivity index (χ4n) is 3.34. The van der Waals surface area contributed by atoms with E-state index in [1.165, 1.54) is 24.3 Å². The molecule has 33 heavy (non-hydrogen) atoms. The second-order valence-electron chi connectivity index (χ2n) is 7.54. The highest BCUT2D eigenvalue weighted by Gasteiger charge is 2.27. The minimum atomic E-state index is -1.17. The lowest BCUT2D eigenvalue weighted by molar-refractivity contribution is -0.142. The van der Waals surface area contributed by atoms with Gasteiger partial charge in [0, 0.05) is 24.0 Å². The molecule has 2 amide bonds. The van der Waals surface area contributed by atoms with E-state index < -0.39 is 29.9 Å². The van der Waals surface area contributed by atoms with Crippen molar-refractivity contribution in [3.05, 3.63) is 107 Å². The molecule has 3 aromatic rings. The van der Waals surface area contributed by atoms with Crippen LogP contribution >= 0.6 is 0 Å². The Morgan fingerprint density at radius 2 is 1.24 bits per heavy atom. The molecular formula is C26H24N2O5. The van der Waals surface area contributed by atoms with Crippen molar-refractivity contribution < 1.29 is 24.3 Å². The molecule has 168 valence electrons. The predicted octanol–water partition coefficient (Wildman–Crippen LogP) is 2.65. The lowest BCUT2D eigenvalue weighted by Crippen LogP contribution is -2.53. The van der Waals surface area contributed by atoms with E-state index in [1.54, 1.807) is 24.3 Å². The van der Waals surface area contributed by atoms with Crippen LogP contribution in [0.25, 0.3) is 0 Å². The number of aldehydes is 1. The van der Waals surface area contributed by atoms with Gasteiger partial charge in [-0.05, 0) is 23.3 Å². The molecule has 0 heterocycles. The van der Waals surface area contributed by atoms with Crippen LogP contribution in [0.4, 0.5) is 0 Å². The number of carbonyl (C=O) groups is 4. The Morgan fingerprint density at radius 3 is 1.73 bits per heavy atom. The van der Waals surface area contributed by atoms with E-state index in [2.05, 4.69) is 10.6 Å². The number of hydrogen-bond acceptors (Lipinski definition) is 4. The van der Waals surface area contributed by atoms with Gasteiger partial charge in [-0.2, -0.15) is 0 Å². The molecule has 0 saturated heterocycles. The highest BCUT2D eigenvalue weighted by Crippen LogP contribution is 2.09. The summed E-state index contributed by atoms with van der Waals surface area (Å²) in [6.45, 7) is 0. The maximum atomic E-state index is 13.1. The van der Waals surface area contributed by atoms with Crippen LogP contribution in [0, 0.1) is 0 Å². The van der Waals surface area contributed by atoms with Crippen LogP contribution in [0.15, 0.2) is 84.9 Å². The predicted molar refractivity (Wildman–Crippen MR) is 123 cm³/mol. The number of amides is 2. The van der Waals surface area contributed by atoms with Crippen molar-refractivity contribution in [1.82, 2.24) is 10.6 Å². The number of benzene rings is 3. The van der Waals surface area contributed by atoms with Gasteiger partial charge in [-0.15, -0.1) is 0 Å². The lowest BCUT2D eigenvalue weighted by atomic mass is 10.0. The zero-order valence-electron chi connectivity index (χ0n) is 17.8. The second kappa shape index (κ2) is 11.4. The van der Waals surface area contributed by atoms with E-state index in [0.717, 1.165) is 11.1 Å². The van der Waals surface area contributed by atoms with E-state index in [-0.39, 0.29) is 18.4 Å². The Hall–Kier alpha value is -4.26. The van der Waals surface area contributed by atoms with Crippen molar-refractivity contribution in [2.75, 3.05) is 0 Å². The molecule has 0 saturated carbocycles. The van der Waals surface area contributed by atoms with Crippen LogP contribution in [-0.2, 0) is 22.4 Å². The van der Waals surface area contributed by atoms with Crippen LogP contribution < -0.4 is 10.6 Å². The molecule has 0 aliphatic rings. The van der Waals surface area contributed by atoms with Crippen molar-refractivity contribution in [1.29, 1.82) is 0 Å². The van der Waals surface area contributed by atoms with E-state index in [9.17, 15) is 24.3 Å². The fraction of sp³-hybridized carbons (Fsp3) is 0.154. The monoisotopic (exact) mass is 444 g/mol. The number of carboxylic acids is 1. The van der Waals surface area contributed by atoms with Gasteiger partial charge < -0.3 is 15.7 Å². The lowest BCUT2D eigenvalue weighted by Gasteiger charge is -2.22. The summed E-state index contributed by atoms with van der Waals surface area (Å²) in [5, 5.41) is 14.9. The zero-order valence-corrected chi connectivity index (χ0v) is 17.8. The molecule has 7 heteroatoms. The Balaban J connectivity index is 1.77. The molecule has 3 rings (SSSR count). The molecule has 0 aliphatic heterocycles. The van der Waals surface area contributed by atoms with Gasteiger partial charge in [0.2, 0.25) is 5.91 Å². The minimum absolute atomic E-state index is 0.112. The van der Waals surface area contributed by atoms with Crippen molar-refractivity contribution in [3.63, 3.8) is 0 Å². The van der Waals surface area contributed by atoms with Gasteiger partial charge in [-0.3, -0.25) is 14.4 Å². The molecule has 0 fully saturated rings. The number of carboxylic acid groups (broad SMARTS) is 1. The summed E-state index contributed by atoms with van der Waals surface area (Å²) in [4.78, 5) is 48.5. The first-order valence-electron chi connectivity index (χ1n) is 10.4. The molecule has 0 radical (unpaired) electrons. The summed E-state index contributed by atoms with van der Waals surface area (Å²) in [5.74, 6) is -2.26. The third-order valence-electron chi connectivity index (χ3n) is 5.11. The van der Waals surface area contributed by atoms with Gasteiger partial charge in [0.25, 0.3) is 5.91 Å². The van der Waals surface area contributed by atoms with Crippen molar-refractivity contribution in [3.8, 4) is 0 Å². The first kappa shape index (κ1) is 23.4. The van der Waals surface area contributed by atoms with Gasteiger partial charge in [0.05, 0.1) is 0 Å².